The Morgan fingerprint density at radius 3 is 2.40 bits per heavy atom. The molecule has 1 aliphatic heterocycles. The SMILES string of the molecule is COc1cccc(N2C(=O)C(=O)/C(=C(/O)c3ccc(F)c(C)c3)C2c2cccc(OC(C)=O)c2)c1. The summed E-state index contributed by atoms with van der Waals surface area (Å²) in [6.45, 7) is 2.78. The van der Waals surface area contributed by atoms with Crippen LogP contribution in [-0.2, 0) is 14.4 Å². The van der Waals surface area contributed by atoms with Crippen molar-refractivity contribution in [2.75, 3.05) is 12.0 Å². The number of carbonyl (C=O) groups excluding carboxylic acids is 3. The van der Waals surface area contributed by atoms with Gasteiger partial charge in [-0.2, -0.15) is 0 Å². The highest BCUT2D eigenvalue weighted by Crippen LogP contribution is 2.43. The first kappa shape index (κ1) is 23.7. The predicted octanol–water partition coefficient (Wildman–Crippen LogP) is 4.69. The number of benzene rings is 3. The molecule has 3 aromatic rings. The van der Waals surface area contributed by atoms with Crippen molar-refractivity contribution in [2.24, 2.45) is 0 Å². The molecule has 35 heavy (non-hydrogen) atoms. The molecule has 3 aromatic carbocycles. The lowest BCUT2D eigenvalue weighted by Crippen LogP contribution is -2.29. The molecule has 1 atom stereocenters. The largest absolute Gasteiger partial charge is 0.507 e. The van der Waals surface area contributed by atoms with Gasteiger partial charge in [0.15, 0.2) is 0 Å². The van der Waals surface area contributed by atoms with Gasteiger partial charge in [-0.3, -0.25) is 19.3 Å². The molecule has 1 saturated heterocycles. The highest BCUT2D eigenvalue weighted by molar-refractivity contribution is 6.51. The molecule has 1 amide bonds. The van der Waals surface area contributed by atoms with Crippen LogP contribution in [0.3, 0.4) is 0 Å². The lowest BCUT2D eigenvalue weighted by molar-refractivity contribution is -0.132. The molecule has 1 unspecified atom stereocenters. The van der Waals surface area contributed by atoms with Crippen molar-refractivity contribution in [3.8, 4) is 11.5 Å². The molecule has 0 spiro atoms. The number of aliphatic hydroxyl groups is 1. The molecule has 4 rings (SSSR count). The van der Waals surface area contributed by atoms with Crippen LogP contribution >= 0.6 is 0 Å². The number of carbonyl (C=O) groups is 3. The predicted molar refractivity (Wildman–Crippen MR) is 127 cm³/mol. The van der Waals surface area contributed by atoms with Gasteiger partial charge >= 0.3 is 5.97 Å². The first-order valence-corrected chi connectivity index (χ1v) is 10.7. The second kappa shape index (κ2) is 9.42. The van der Waals surface area contributed by atoms with Gasteiger partial charge in [0.25, 0.3) is 11.7 Å². The minimum atomic E-state index is -1.05. The number of ether oxygens (including phenoxy) is 2. The summed E-state index contributed by atoms with van der Waals surface area (Å²) < 4.78 is 24.3. The molecule has 7 nitrogen and oxygen atoms in total. The Morgan fingerprint density at radius 1 is 1.00 bits per heavy atom. The Morgan fingerprint density at radius 2 is 1.71 bits per heavy atom. The van der Waals surface area contributed by atoms with Crippen LogP contribution in [0.1, 0.15) is 29.7 Å². The van der Waals surface area contributed by atoms with Crippen LogP contribution in [0.5, 0.6) is 11.5 Å². The van der Waals surface area contributed by atoms with Gasteiger partial charge in [-0.05, 0) is 60.5 Å². The average molecular weight is 475 g/mol. The van der Waals surface area contributed by atoms with E-state index in [1.807, 2.05) is 0 Å². The average Bonchev–Trinajstić information content (AvgIpc) is 3.10. The van der Waals surface area contributed by atoms with Crippen molar-refractivity contribution >= 4 is 29.1 Å². The number of methoxy groups -OCH3 is 1. The molecule has 0 aromatic heterocycles. The maximum Gasteiger partial charge on any atom is 0.308 e. The quantitative estimate of drug-likeness (QED) is 0.189. The molecule has 1 N–H and O–H groups in total. The van der Waals surface area contributed by atoms with Crippen LogP contribution in [0.2, 0.25) is 0 Å². The van der Waals surface area contributed by atoms with Crippen molar-refractivity contribution in [3.05, 3.63) is 94.8 Å². The Hall–Kier alpha value is -4.46. The number of anilines is 1. The summed E-state index contributed by atoms with van der Waals surface area (Å²) in [6, 6.07) is 15.8. The summed E-state index contributed by atoms with van der Waals surface area (Å²) in [7, 11) is 1.48. The minimum absolute atomic E-state index is 0.177. The van der Waals surface area contributed by atoms with Gasteiger partial charge in [0.2, 0.25) is 0 Å². The Kier molecular flexibility index (Phi) is 6.38. The van der Waals surface area contributed by atoms with Crippen LogP contribution in [0, 0.1) is 12.7 Å². The zero-order valence-corrected chi connectivity index (χ0v) is 19.2. The third-order valence-electron chi connectivity index (χ3n) is 5.64. The van der Waals surface area contributed by atoms with Crippen molar-refractivity contribution in [1.82, 2.24) is 0 Å². The number of Topliss-reactive ketones (excluding diaryl/α,β-unsaturated/α-hetero) is 1. The summed E-state index contributed by atoms with van der Waals surface area (Å²) in [4.78, 5) is 39.3. The van der Waals surface area contributed by atoms with E-state index in [2.05, 4.69) is 0 Å². The second-order valence-electron chi connectivity index (χ2n) is 8.00. The molecule has 1 aliphatic rings. The number of aliphatic hydroxyl groups excluding tert-OH is 1. The summed E-state index contributed by atoms with van der Waals surface area (Å²) in [5.74, 6) is -2.54. The molecule has 0 saturated carbocycles. The van der Waals surface area contributed by atoms with Crippen LogP contribution < -0.4 is 14.4 Å². The zero-order valence-electron chi connectivity index (χ0n) is 19.2. The van der Waals surface area contributed by atoms with Crippen LogP contribution in [0.25, 0.3) is 5.76 Å². The van der Waals surface area contributed by atoms with Crippen LogP contribution in [0.4, 0.5) is 10.1 Å². The Bertz CT molecular complexity index is 1380. The topological polar surface area (TPSA) is 93.1 Å². The molecule has 8 heteroatoms. The second-order valence-corrected chi connectivity index (χ2v) is 8.00. The first-order valence-electron chi connectivity index (χ1n) is 10.7. The fourth-order valence-electron chi connectivity index (χ4n) is 4.04. The summed E-state index contributed by atoms with van der Waals surface area (Å²) in [6.07, 6.45) is 0. The van der Waals surface area contributed by atoms with E-state index in [4.69, 9.17) is 9.47 Å². The summed E-state index contributed by atoms with van der Waals surface area (Å²) in [5, 5.41) is 11.2. The standard InChI is InChI=1S/C27H22FNO6/c1-15-12-18(10-11-22(15)28)25(31)23-24(17-6-4-9-21(13-17)35-16(2)30)29(27(33)26(23)32)19-7-5-8-20(14-19)34-3/h4-14,24,31H,1-3H3/b25-23+. The molecule has 0 radical (unpaired) electrons. The van der Waals surface area contributed by atoms with E-state index in [0.29, 0.717) is 17.0 Å². The highest BCUT2D eigenvalue weighted by atomic mass is 19.1. The fraction of sp³-hybridized carbons (Fsp3) is 0.148. The Balaban J connectivity index is 1.95. The zero-order chi connectivity index (χ0) is 25.3. The number of esters is 1. The van der Waals surface area contributed by atoms with Crippen molar-refractivity contribution in [1.29, 1.82) is 0 Å². The smallest absolute Gasteiger partial charge is 0.308 e. The number of amides is 1. The van der Waals surface area contributed by atoms with Gasteiger partial charge in [0.1, 0.15) is 23.1 Å². The van der Waals surface area contributed by atoms with E-state index in [-0.39, 0.29) is 22.4 Å². The number of rotatable bonds is 5. The van der Waals surface area contributed by atoms with Gasteiger partial charge in [-0.25, -0.2) is 4.39 Å². The van der Waals surface area contributed by atoms with Gasteiger partial charge in [-0.15, -0.1) is 0 Å². The third kappa shape index (κ3) is 4.50. The lowest BCUT2D eigenvalue weighted by atomic mass is 9.94. The van der Waals surface area contributed by atoms with E-state index in [1.165, 1.54) is 50.1 Å². The molecule has 1 fully saturated rings. The normalized spacial score (nSPS) is 16.9. The number of nitrogens with zero attached hydrogens (tertiary/aromatic N) is 1. The number of hydrogen-bond donors (Lipinski definition) is 1. The fourth-order valence-corrected chi connectivity index (χ4v) is 4.04. The molecular weight excluding hydrogens is 453 g/mol. The monoisotopic (exact) mass is 475 g/mol. The van der Waals surface area contributed by atoms with Gasteiger partial charge in [-0.1, -0.05) is 18.2 Å². The maximum atomic E-state index is 13.8. The lowest BCUT2D eigenvalue weighted by Gasteiger charge is -2.26. The van der Waals surface area contributed by atoms with Crippen molar-refractivity contribution in [3.63, 3.8) is 0 Å². The molecule has 178 valence electrons. The summed E-state index contributed by atoms with van der Waals surface area (Å²) in [5.41, 5.74) is 1.07. The van der Waals surface area contributed by atoms with E-state index in [1.54, 1.807) is 42.5 Å². The number of ketones is 1. The third-order valence-corrected chi connectivity index (χ3v) is 5.64. The molecular formula is C27H22FNO6. The minimum Gasteiger partial charge on any atom is -0.507 e. The Labute approximate surface area is 201 Å². The van der Waals surface area contributed by atoms with Crippen molar-refractivity contribution in [2.45, 2.75) is 19.9 Å². The molecule has 0 aliphatic carbocycles. The highest BCUT2D eigenvalue weighted by Gasteiger charge is 2.47. The summed E-state index contributed by atoms with van der Waals surface area (Å²) >= 11 is 0. The van der Waals surface area contributed by atoms with Gasteiger partial charge in [0.05, 0.1) is 18.7 Å². The van der Waals surface area contributed by atoms with Gasteiger partial charge in [0, 0.05) is 24.2 Å². The maximum absolute atomic E-state index is 13.8. The van der Waals surface area contributed by atoms with E-state index >= 15 is 0 Å². The number of halogens is 1. The van der Waals surface area contributed by atoms with Gasteiger partial charge < -0.3 is 14.6 Å². The van der Waals surface area contributed by atoms with E-state index < -0.39 is 35.3 Å². The molecule has 0 bridgehead atoms. The number of aryl methyl sites for hydroxylation is 1. The van der Waals surface area contributed by atoms with E-state index in [9.17, 15) is 23.9 Å². The molecule has 1 heterocycles. The van der Waals surface area contributed by atoms with E-state index in [0.717, 1.165) is 0 Å². The van der Waals surface area contributed by atoms with Crippen LogP contribution in [0.15, 0.2) is 72.3 Å². The first-order chi connectivity index (χ1) is 16.7. The number of hydrogen-bond acceptors (Lipinski definition) is 6. The van der Waals surface area contributed by atoms with Crippen LogP contribution in [-0.4, -0.2) is 29.9 Å². The van der Waals surface area contributed by atoms with Crippen molar-refractivity contribution < 1.29 is 33.4 Å².